The highest BCUT2D eigenvalue weighted by Gasteiger charge is 2.09. The van der Waals surface area contributed by atoms with Gasteiger partial charge >= 0.3 is 11.9 Å². The Morgan fingerprint density at radius 2 is 0.862 bits per heavy atom. The van der Waals surface area contributed by atoms with E-state index in [0.29, 0.717) is 27.3 Å². The van der Waals surface area contributed by atoms with Crippen LogP contribution in [0.25, 0.3) is 55.9 Å². The second-order valence-electron chi connectivity index (χ2n) is 17.2. The Labute approximate surface area is 550 Å². The zero-order chi connectivity index (χ0) is 63.2. The molecule has 0 spiro atoms. The monoisotopic (exact) mass is 1380 g/mol. The van der Waals surface area contributed by atoms with Gasteiger partial charge in [-0.1, -0.05) is 241 Å². The third kappa shape index (κ3) is 28.2. The fraction of sp³-hybridized carbons (Fsp3) is 0.0909. The molecule has 12 nitrogen and oxygen atoms in total. The van der Waals surface area contributed by atoms with E-state index in [0.717, 1.165) is 43.7 Å². The van der Waals surface area contributed by atoms with Gasteiger partial charge in [0.05, 0.1) is 45.3 Å². The van der Waals surface area contributed by atoms with Gasteiger partial charge in [0.2, 0.25) is 9.23 Å². The molecule has 0 bridgehead atoms. The van der Waals surface area contributed by atoms with Gasteiger partial charge < -0.3 is 26.0 Å². The third-order valence-electron chi connectivity index (χ3n) is 11.0. The van der Waals surface area contributed by atoms with Crippen LogP contribution in [-0.4, -0.2) is 65.5 Å². The van der Waals surface area contributed by atoms with E-state index < -0.39 is 21.2 Å². The van der Waals surface area contributed by atoms with Crippen molar-refractivity contribution in [3.8, 4) is 62.0 Å². The number of Topliss-reactive ketones (excluding diaryl/α,β-unsaturated/α-hetero) is 1. The lowest BCUT2D eigenvalue weighted by Gasteiger charge is -2.02. The quantitative estimate of drug-likeness (QED) is 0.0304. The van der Waals surface area contributed by atoms with Crippen molar-refractivity contribution in [2.45, 2.75) is 19.4 Å². The SMILES string of the molecule is CC(N)=S.ClCc1nc(-c2ccc(-c3ccccc3)cc2)cs1.N#CCOC(=O)c1ccccc1.NC(=S)COC(=O)c1ccccc1.O=C(CBr)c1ccc(-c2ccccc2)cc1.O=S(Cl)Cl.OCc1nc(-c2ccc(-c3ccccc3)cc2)cs1. The molecule has 87 heavy (non-hydrogen) atoms. The smallest absolute Gasteiger partial charge is 0.339 e. The van der Waals surface area contributed by atoms with Gasteiger partial charge in [-0.15, -0.1) is 34.3 Å². The summed E-state index contributed by atoms with van der Waals surface area (Å²) in [6, 6.07) is 74.2. The molecule has 0 unspecified atom stereocenters. The lowest BCUT2D eigenvalue weighted by atomic mass is 10.0. The van der Waals surface area contributed by atoms with Gasteiger partial charge in [0.25, 0.3) is 0 Å². The topological polar surface area (TPSA) is 209 Å². The maximum absolute atomic E-state index is 11.4. The minimum absolute atomic E-state index is 0.00671. The standard InChI is InChI=1S/C16H12ClNS.C16H13NOS.C14H11BrO.C9H9NO2S.C9H7NO2.C2H5NS.Cl2OS/c17-10-16-18-15(11-19-16)14-8-6-13(7-9-14)12-4-2-1-3-5-12;18-10-16-17-15(11-19-16)14-8-6-13(7-9-14)12-4-2-1-3-5-12;15-10-14(16)13-8-6-12(7-9-13)11-4-2-1-3-5-11;10-8(13)6-12-9(11)7-4-2-1-3-5-7;10-6-7-12-9(11)8-4-2-1-3-5-8;1-2(3)4;1-4(2)3/h1-9,11H,10H2;1-9,11,18H,10H2;1-9H,10H2;1-5H,6H2,(H2,10,13);1-5H,7H2;1H3,(H2,3,4);. The number of hydrogen-bond acceptors (Lipinski definition) is 14. The van der Waals surface area contributed by atoms with E-state index in [4.69, 9.17) is 42.4 Å². The fourth-order valence-corrected chi connectivity index (χ4v) is 9.00. The largest absolute Gasteiger partial charge is 0.455 e. The lowest BCUT2D eigenvalue weighted by molar-refractivity contribution is 0.0549. The molecule has 10 rings (SSSR count). The molecular weight excluding hydrogens is 1320 g/mol. The van der Waals surface area contributed by atoms with Gasteiger partial charge in [0.1, 0.15) is 27.7 Å². The minimum Gasteiger partial charge on any atom is -0.455 e. The number of carbonyl (C=O) groups excluding carboxylic acids is 3. The number of thiocarbonyl (C=S) groups is 2. The van der Waals surface area contributed by atoms with E-state index in [9.17, 15) is 14.4 Å². The first-order valence-electron chi connectivity index (χ1n) is 25.8. The van der Waals surface area contributed by atoms with Crippen LogP contribution in [0.2, 0.25) is 0 Å². The van der Waals surface area contributed by atoms with Crippen molar-refractivity contribution in [3.05, 3.63) is 262 Å². The number of ketones is 1. The van der Waals surface area contributed by atoms with Crippen molar-refractivity contribution in [2.24, 2.45) is 11.5 Å². The molecule has 0 aliphatic carbocycles. The number of carbonyl (C=O) groups is 3. The van der Waals surface area contributed by atoms with Crippen molar-refractivity contribution in [1.29, 1.82) is 5.26 Å². The number of ether oxygens (including phenoxy) is 2. The molecule has 21 heteroatoms. The number of alkyl halides is 2. The van der Waals surface area contributed by atoms with Crippen LogP contribution in [0.5, 0.6) is 0 Å². The Hall–Kier alpha value is -7.64. The number of nitrogens with two attached hydrogens (primary N) is 2. The fourth-order valence-electron chi connectivity index (χ4n) is 7.05. The number of rotatable bonds is 14. The molecule has 0 fully saturated rings. The summed E-state index contributed by atoms with van der Waals surface area (Å²) < 4.78 is 18.4. The summed E-state index contributed by atoms with van der Waals surface area (Å²) in [4.78, 5) is 43.2. The first kappa shape index (κ1) is 71.8. The summed E-state index contributed by atoms with van der Waals surface area (Å²) in [7, 11) is 7.36. The van der Waals surface area contributed by atoms with Gasteiger partial charge in [0.15, 0.2) is 12.4 Å². The molecule has 0 aliphatic heterocycles. The van der Waals surface area contributed by atoms with Crippen LogP contribution in [0.1, 0.15) is 48.0 Å². The number of aromatic nitrogens is 2. The highest BCUT2D eigenvalue weighted by atomic mass is 79.9. The van der Waals surface area contributed by atoms with Crippen LogP contribution in [0.15, 0.2) is 235 Å². The molecule has 0 atom stereocenters. The molecule has 0 aliphatic rings. The van der Waals surface area contributed by atoms with Crippen molar-refractivity contribution in [1.82, 2.24) is 9.97 Å². The predicted molar refractivity (Wildman–Crippen MR) is 370 cm³/mol. The maximum atomic E-state index is 11.4. The number of aliphatic hydroxyl groups is 1. The predicted octanol–water partition coefficient (Wildman–Crippen LogP) is 16.9. The van der Waals surface area contributed by atoms with Crippen LogP contribution in [0.4, 0.5) is 0 Å². The maximum Gasteiger partial charge on any atom is 0.339 e. The van der Waals surface area contributed by atoms with Crippen molar-refractivity contribution >= 4 is 133 Å². The zero-order valence-electron chi connectivity index (χ0n) is 46.5. The van der Waals surface area contributed by atoms with E-state index in [1.54, 1.807) is 78.9 Å². The van der Waals surface area contributed by atoms with Crippen LogP contribution < -0.4 is 11.5 Å². The van der Waals surface area contributed by atoms with Crippen molar-refractivity contribution < 1.29 is 33.2 Å². The molecule has 2 aromatic heterocycles. The van der Waals surface area contributed by atoms with E-state index in [-0.39, 0.29) is 30.6 Å². The summed E-state index contributed by atoms with van der Waals surface area (Å²) in [5, 5.41) is 23.3. The van der Waals surface area contributed by atoms with E-state index in [1.165, 1.54) is 39.2 Å². The van der Waals surface area contributed by atoms with E-state index in [2.05, 4.69) is 179 Å². The number of halogens is 4. The molecular formula is C66H57BrCl3N5O7S5. The number of thiazole rings is 2. The highest BCUT2D eigenvalue weighted by molar-refractivity contribution is 9.09. The summed E-state index contributed by atoms with van der Waals surface area (Å²) >= 11 is 20.9. The molecule has 0 saturated carbocycles. The number of aliphatic hydroxyl groups excluding tert-OH is 1. The Kier molecular flexibility index (Phi) is 34.2. The number of nitriles is 1. The zero-order valence-corrected chi connectivity index (χ0v) is 54.4. The third-order valence-corrected chi connectivity index (χ3v) is 13.7. The van der Waals surface area contributed by atoms with Crippen LogP contribution in [-0.2, 0) is 31.2 Å². The Bertz CT molecular complexity index is 3580. The summed E-state index contributed by atoms with van der Waals surface area (Å²) in [5.41, 5.74) is 23.0. The van der Waals surface area contributed by atoms with Gasteiger partial charge in [-0.05, 0) is 64.6 Å². The minimum atomic E-state index is -1.67. The van der Waals surface area contributed by atoms with Gasteiger partial charge in [0, 0.05) is 48.8 Å². The average Bonchev–Trinajstić information content (AvgIpc) is 4.25. The number of esters is 2. The van der Waals surface area contributed by atoms with Gasteiger partial charge in [-0.2, -0.15) is 5.26 Å². The van der Waals surface area contributed by atoms with Gasteiger partial charge in [-0.25, -0.2) is 23.8 Å². The first-order valence-corrected chi connectivity index (χ1v) is 32.8. The molecule has 8 aromatic carbocycles. The second kappa shape index (κ2) is 41.5. The first-order chi connectivity index (χ1) is 42.0. The molecule has 2 heterocycles. The van der Waals surface area contributed by atoms with E-state index >= 15 is 0 Å². The second-order valence-corrected chi connectivity index (χ2v) is 23.6. The Balaban J connectivity index is 0.000000228. The van der Waals surface area contributed by atoms with Crippen LogP contribution in [0.3, 0.4) is 0 Å². The molecule has 5 N–H and O–H groups in total. The number of benzene rings is 8. The number of hydrogen-bond donors (Lipinski definition) is 3. The molecule has 446 valence electrons. The normalized spacial score (nSPS) is 9.72. The Morgan fingerprint density at radius 3 is 1.17 bits per heavy atom. The molecule has 10 aromatic rings. The number of nitrogens with zero attached hydrogens (tertiary/aromatic N) is 3. The molecule has 0 saturated heterocycles. The highest BCUT2D eigenvalue weighted by Crippen LogP contribution is 2.28. The van der Waals surface area contributed by atoms with E-state index in [1.807, 2.05) is 78.2 Å². The van der Waals surface area contributed by atoms with Crippen LogP contribution in [0, 0.1) is 11.3 Å². The average molecular weight is 1380 g/mol. The van der Waals surface area contributed by atoms with Gasteiger partial charge in [-0.3, -0.25) is 4.79 Å². The summed E-state index contributed by atoms with van der Waals surface area (Å²) in [6.45, 7) is 1.47. The summed E-state index contributed by atoms with van der Waals surface area (Å²) in [5.74, 6) is -0.280. The van der Waals surface area contributed by atoms with Crippen molar-refractivity contribution in [3.63, 3.8) is 0 Å². The Morgan fingerprint density at radius 1 is 0.552 bits per heavy atom. The van der Waals surface area contributed by atoms with Crippen LogP contribution >= 0.6 is 96.0 Å². The lowest BCUT2D eigenvalue weighted by Crippen LogP contribution is -2.18. The summed E-state index contributed by atoms with van der Waals surface area (Å²) in [6.07, 6.45) is 0. The van der Waals surface area contributed by atoms with Crippen molar-refractivity contribution in [2.75, 3.05) is 18.5 Å². The molecule has 0 amide bonds. The molecule has 0 radical (unpaired) electrons.